The Balaban J connectivity index is 2.60. The Labute approximate surface area is 103 Å². The molecule has 1 fully saturated rings. The molecular formula is C13H23NO3. The zero-order valence-corrected chi connectivity index (χ0v) is 10.9. The third-order valence-corrected chi connectivity index (χ3v) is 3.68. The smallest absolute Gasteiger partial charge is 0.326 e. The Bertz CT molecular complexity index is 288. The van der Waals surface area contributed by atoms with Crippen molar-refractivity contribution in [2.24, 2.45) is 17.8 Å². The Hall–Kier alpha value is -1.06. The molecule has 17 heavy (non-hydrogen) atoms. The molecule has 0 aromatic heterocycles. The van der Waals surface area contributed by atoms with Crippen molar-refractivity contribution >= 4 is 11.9 Å². The van der Waals surface area contributed by atoms with Gasteiger partial charge < -0.3 is 10.4 Å². The van der Waals surface area contributed by atoms with E-state index in [1.165, 1.54) is 6.42 Å². The van der Waals surface area contributed by atoms with Crippen molar-refractivity contribution in [2.75, 3.05) is 0 Å². The van der Waals surface area contributed by atoms with Crippen LogP contribution in [-0.2, 0) is 9.59 Å². The highest BCUT2D eigenvalue weighted by Crippen LogP contribution is 2.29. The summed E-state index contributed by atoms with van der Waals surface area (Å²) in [6, 6.07) is -0.767. The second-order valence-corrected chi connectivity index (χ2v) is 5.44. The molecule has 0 aromatic carbocycles. The van der Waals surface area contributed by atoms with Crippen molar-refractivity contribution in [1.29, 1.82) is 0 Å². The number of amides is 1. The quantitative estimate of drug-likeness (QED) is 0.791. The number of carbonyl (C=O) groups excluding carboxylic acids is 1. The molecule has 3 atom stereocenters. The molecule has 1 aliphatic carbocycles. The van der Waals surface area contributed by atoms with Crippen LogP contribution in [0.4, 0.5) is 0 Å². The average molecular weight is 241 g/mol. The first kappa shape index (κ1) is 14.0. The number of carboxylic acids is 1. The summed E-state index contributed by atoms with van der Waals surface area (Å²) >= 11 is 0. The molecule has 0 unspecified atom stereocenters. The average Bonchev–Trinajstić information content (AvgIpc) is 2.25. The molecule has 0 aromatic rings. The summed E-state index contributed by atoms with van der Waals surface area (Å²) < 4.78 is 0. The Morgan fingerprint density at radius 3 is 2.29 bits per heavy atom. The van der Waals surface area contributed by atoms with E-state index in [1.807, 2.05) is 13.8 Å². The summed E-state index contributed by atoms with van der Waals surface area (Å²) in [4.78, 5) is 23.1. The molecule has 1 aliphatic rings. The minimum Gasteiger partial charge on any atom is -0.480 e. The Morgan fingerprint density at radius 1 is 1.24 bits per heavy atom. The number of carbonyl (C=O) groups is 2. The van der Waals surface area contributed by atoms with E-state index in [9.17, 15) is 9.59 Å². The molecule has 1 rings (SSSR count). The van der Waals surface area contributed by atoms with Gasteiger partial charge in [0.1, 0.15) is 6.04 Å². The van der Waals surface area contributed by atoms with E-state index in [4.69, 9.17) is 5.11 Å². The van der Waals surface area contributed by atoms with Gasteiger partial charge in [-0.3, -0.25) is 4.79 Å². The van der Waals surface area contributed by atoms with Crippen LogP contribution in [-0.4, -0.2) is 23.0 Å². The first-order valence-electron chi connectivity index (χ1n) is 6.46. The van der Waals surface area contributed by atoms with E-state index < -0.39 is 12.0 Å². The highest BCUT2D eigenvalue weighted by Gasteiger charge is 2.31. The van der Waals surface area contributed by atoms with Crippen LogP contribution in [0, 0.1) is 17.8 Å². The summed E-state index contributed by atoms with van der Waals surface area (Å²) in [5, 5.41) is 11.7. The van der Waals surface area contributed by atoms with E-state index in [2.05, 4.69) is 12.2 Å². The zero-order valence-electron chi connectivity index (χ0n) is 10.9. The maximum absolute atomic E-state index is 12.1. The summed E-state index contributed by atoms with van der Waals surface area (Å²) in [7, 11) is 0. The minimum absolute atomic E-state index is 0.00986. The monoisotopic (exact) mass is 241 g/mol. The van der Waals surface area contributed by atoms with E-state index in [1.54, 1.807) is 0 Å². The topological polar surface area (TPSA) is 66.4 Å². The number of hydrogen-bond donors (Lipinski definition) is 2. The molecule has 98 valence electrons. The fourth-order valence-corrected chi connectivity index (χ4v) is 2.48. The molecule has 4 heteroatoms. The molecule has 0 spiro atoms. The molecule has 0 saturated heterocycles. The largest absolute Gasteiger partial charge is 0.480 e. The standard InChI is InChI=1S/C13H23NO3/c1-8(2)11(13(16)17)14-12(15)10-7-5-4-6-9(10)3/h8-11H,4-7H2,1-3H3,(H,14,15)(H,16,17)/t9-,10-,11+/m1/s1. The van der Waals surface area contributed by atoms with Crippen molar-refractivity contribution in [3.8, 4) is 0 Å². The zero-order chi connectivity index (χ0) is 13.0. The van der Waals surface area contributed by atoms with Gasteiger partial charge in [0.15, 0.2) is 0 Å². The van der Waals surface area contributed by atoms with Crippen LogP contribution < -0.4 is 5.32 Å². The van der Waals surface area contributed by atoms with Crippen molar-refractivity contribution in [2.45, 2.75) is 52.5 Å². The second kappa shape index (κ2) is 6.03. The van der Waals surface area contributed by atoms with Crippen molar-refractivity contribution in [3.63, 3.8) is 0 Å². The first-order chi connectivity index (χ1) is 7.93. The fourth-order valence-electron chi connectivity index (χ4n) is 2.48. The van der Waals surface area contributed by atoms with Gasteiger partial charge in [0.05, 0.1) is 0 Å². The fraction of sp³-hybridized carbons (Fsp3) is 0.846. The lowest BCUT2D eigenvalue weighted by atomic mass is 9.79. The van der Waals surface area contributed by atoms with Gasteiger partial charge in [0.2, 0.25) is 5.91 Å². The van der Waals surface area contributed by atoms with E-state index in [-0.39, 0.29) is 17.7 Å². The molecule has 0 heterocycles. The third kappa shape index (κ3) is 3.72. The van der Waals surface area contributed by atoms with Gasteiger partial charge in [-0.15, -0.1) is 0 Å². The lowest BCUT2D eigenvalue weighted by molar-refractivity contribution is -0.144. The minimum atomic E-state index is -0.947. The summed E-state index contributed by atoms with van der Waals surface area (Å²) in [5.74, 6) is -0.764. The number of nitrogens with one attached hydrogen (secondary N) is 1. The van der Waals surface area contributed by atoms with Crippen LogP contribution in [0.1, 0.15) is 46.5 Å². The molecule has 1 amide bonds. The number of hydrogen-bond acceptors (Lipinski definition) is 2. The molecule has 2 N–H and O–H groups in total. The number of aliphatic carboxylic acids is 1. The van der Waals surface area contributed by atoms with Crippen LogP contribution in [0.25, 0.3) is 0 Å². The van der Waals surface area contributed by atoms with Gasteiger partial charge in [-0.1, -0.05) is 33.6 Å². The summed E-state index contributed by atoms with van der Waals surface area (Å²) in [5.41, 5.74) is 0. The van der Waals surface area contributed by atoms with Crippen LogP contribution >= 0.6 is 0 Å². The molecule has 0 bridgehead atoms. The highest BCUT2D eigenvalue weighted by atomic mass is 16.4. The number of carboxylic acid groups (broad SMARTS) is 1. The molecule has 0 aliphatic heterocycles. The summed E-state index contributed by atoms with van der Waals surface area (Å²) in [6.07, 6.45) is 4.20. The molecule has 1 saturated carbocycles. The second-order valence-electron chi connectivity index (χ2n) is 5.44. The first-order valence-corrected chi connectivity index (χ1v) is 6.46. The SMILES string of the molecule is CC(C)[C@H](NC(=O)[C@@H]1CCCC[C@H]1C)C(=O)O. The van der Waals surface area contributed by atoms with Crippen LogP contribution in [0.2, 0.25) is 0 Å². The summed E-state index contributed by atoms with van der Waals surface area (Å²) in [6.45, 7) is 5.70. The van der Waals surface area contributed by atoms with Gasteiger partial charge in [0, 0.05) is 5.92 Å². The Kier molecular flexibility index (Phi) is 4.97. The maximum atomic E-state index is 12.1. The predicted octanol–water partition coefficient (Wildman–Crippen LogP) is 2.04. The highest BCUT2D eigenvalue weighted by molar-refractivity contribution is 5.85. The van der Waals surface area contributed by atoms with Crippen LogP contribution in [0.5, 0.6) is 0 Å². The van der Waals surface area contributed by atoms with E-state index >= 15 is 0 Å². The lowest BCUT2D eigenvalue weighted by Crippen LogP contribution is -2.48. The normalized spacial score (nSPS) is 26.6. The van der Waals surface area contributed by atoms with Gasteiger partial charge in [-0.2, -0.15) is 0 Å². The third-order valence-electron chi connectivity index (χ3n) is 3.68. The van der Waals surface area contributed by atoms with Gasteiger partial charge in [-0.25, -0.2) is 4.79 Å². The maximum Gasteiger partial charge on any atom is 0.326 e. The van der Waals surface area contributed by atoms with Crippen molar-refractivity contribution in [1.82, 2.24) is 5.32 Å². The van der Waals surface area contributed by atoms with Crippen molar-refractivity contribution < 1.29 is 14.7 Å². The predicted molar refractivity (Wildman–Crippen MR) is 65.5 cm³/mol. The van der Waals surface area contributed by atoms with Crippen LogP contribution in [0.3, 0.4) is 0 Å². The van der Waals surface area contributed by atoms with Gasteiger partial charge in [0.25, 0.3) is 0 Å². The molecule has 4 nitrogen and oxygen atoms in total. The van der Waals surface area contributed by atoms with E-state index in [0.717, 1.165) is 19.3 Å². The van der Waals surface area contributed by atoms with E-state index in [0.29, 0.717) is 5.92 Å². The number of rotatable bonds is 4. The van der Waals surface area contributed by atoms with Gasteiger partial charge >= 0.3 is 5.97 Å². The Morgan fingerprint density at radius 2 is 1.82 bits per heavy atom. The van der Waals surface area contributed by atoms with Crippen LogP contribution in [0.15, 0.2) is 0 Å². The van der Waals surface area contributed by atoms with Gasteiger partial charge in [-0.05, 0) is 24.7 Å². The lowest BCUT2D eigenvalue weighted by Gasteiger charge is -2.29. The van der Waals surface area contributed by atoms with Crippen molar-refractivity contribution in [3.05, 3.63) is 0 Å². The molecular weight excluding hydrogens is 218 g/mol. The molecule has 0 radical (unpaired) electrons.